The molecule has 198 valence electrons. The zero-order chi connectivity index (χ0) is 26.1. The van der Waals surface area contributed by atoms with Crippen molar-refractivity contribution in [2.24, 2.45) is 5.41 Å². The van der Waals surface area contributed by atoms with E-state index in [1.54, 1.807) is 16.7 Å². The fourth-order valence-electron chi connectivity index (χ4n) is 4.93. The van der Waals surface area contributed by atoms with E-state index in [1.807, 2.05) is 0 Å². The van der Waals surface area contributed by atoms with E-state index < -0.39 is 30.3 Å². The number of benzene rings is 1. The van der Waals surface area contributed by atoms with Crippen LogP contribution in [0.4, 0.5) is 23.7 Å². The third-order valence-electron chi connectivity index (χ3n) is 7.39. The highest BCUT2D eigenvalue weighted by atomic mass is 19.4. The molecule has 0 bridgehead atoms. The van der Waals surface area contributed by atoms with Crippen LogP contribution in [-0.2, 0) is 9.59 Å². The number of carbonyl (C=O) groups excluding carboxylic acids is 3. The van der Waals surface area contributed by atoms with Crippen molar-refractivity contribution in [2.45, 2.75) is 57.5 Å². The Morgan fingerprint density at radius 3 is 2.44 bits per heavy atom. The quantitative estimate of drug-likeness (QED) is 0.611. The van der Waals surface area contributed by atoms with Gasteiger partial charge in [0.05, 0.1) is 6.10 Å². The van der Waals surface area contributed by atoms with E-state index >= 15 is 0 Å². The predicted octanol–water partition coefficient (Wildman–Crippen LogP) is 2.80. The van der Waals surface area contributed by atoms with Gasteiger partial charge >= 0.3 is 12.4 Å². The van der Waals surface area contributed by atoms with Crippen LogP contribution >= 0.6 is 0 Å². The second kappa shape index (κ2) is 10.2. The number of ether oxygens (including phenoxy) is 1. The number of rotatable bonds is 6. The van der Waals surface area contributed by atoms with Crippen molar-refractivity contribution < 1.29 is 37.4 Å². The van der Waals surface area contributed by atoms with Crippen molar-refractivity contribution in [1.82, 2.24) is 14.7 Å². The van der Waals surface area contributed by atoms with Crippen LogP contribution in [-0.4, -0.2) is 88.9 Å². The topological polar surface area (TPSA) is 102 Å². The summed E-state index contributed by atoms with van der Waals surface area (Å²) < 4.78 is 40.7. The summed E-state index contributed by atoms with van der Waals surface area (Å²) in [7, 11) is 0. The van der Waals surface area contributed by atoms with Gasteiger partial charge < -0.3 is 29.9 Å². The maximum atomic E-state index is 12.8. The van der Waals surface area contributed by atoms with Crippen molar-refractivity contribution in [3.8, 4) is 5.75 Å². The molecule has 3 aliphatic rings. The summed E-state index contributed by atoms with van der Waals surface area (Å²) in [6.45, 7) is 3.64. The largest absolute Gasteiger partial charge is 0.573 e. The van der Waals surface area contributed by atoms with Crippen LogP contribution in [0.25, 0.3) is 0 Å². The van der Waals surface area contributed by atoms with Crippen LogP contribution in [0.2, 0.25) is 0 Å². The zero-order valence-electron chi connectivity index (χ0n) is 20.1. The molecule has 0 aromatic heterocycles. The summed E-state index contributed by atoms with van der Waals surface area (Å²) in [5.74, 6) is -0.656. The number of aliphatic hydroxyl groups is 1. The molecule has 1 spiro atoms. The van der Waals surface area contributed by atoms with E-state index in [0.717, 1.165) is 31.4 Å². The average molecular weight is 513 g/mol. The highest BCUT2D eigenvalue weighted by molar-refractivity contribution is 5.94. The zero-order valence-corrected chi connectivity index (χ0v) is 20.1. The minimum Gasteiger partial charge on any atom is -0.406 e. The van der Waals surface area contributed by atoms with E-state index in [0.29, 0.717) is 32.6 Å². The van der Waals surface area contributed by atoms with Crippen LogP contribution in [0.5, 0.6) is 5.75 Å². The van der Waals surface area contributed by atoms with Crippen LogP contribution in [0.3, 0.4) is 0 Å². The van der Waals surface area contributed by atoms with Gasteiger partial charge in [-0.15, -0.1) is 13.2 Å². The number of halogens is 3. The lowest BCUT2D eigenvalue weighted by atomic mass is 9.90. The third kappa shape index (κ3) is 6.03. The van der Waals surface area contributed by atoms with Gasteiger partial charge in [0.1, 0.15) is 11.8 Å². The van der Waals surface area contributed by atoms with E-state index in [1.165, 1.54) is 17.0 Å². The molecule has 1 aliphatic carbocycles. The van der Waals surface area contributed by atoms with Crippen LogP contribution in [0.15, 0.2) is 24.3 Å². The van der Waals surface area contributed by atoms with Crippen molar-refractivity contribution in [2.75, 3.05) is 38.0 Å². The smallest absolute Gasteiger partial charge is 0.406 e. The molecule has 1 aromatic rings. The van der Waals surface area contributed by atoms with E-state index in [2.05, 4.69) is 10.1 Å². The fourth-order valence-corrected chi connectivity index (χ4v) is 4.93. The summed E-state index contributed by atoms with van der Waals surface area (Å²) in [5, 5.41) is 12.9. The lowest BCUT2D eigenvalue weighted by Gasteiger charge is -2.39. The van der Waals surface area contributed by atoms with Crippen molar-refractivity contribution in [1.29, 1.82) is 0 Å². The Labute approximate surface area is 207 Å². The highest BCUT2D eigenvalue weighted by Crippen LogP contribution is 2.53. The Kier molecular flexibility index (Phi) is 7.35. The number of urea groups is 1. The number of alkyl halides is 3. The first-order chi connectivity index (χ1) is 17.0. The van der Waals surface area contributed by atoms with Crippen molar-refractivity contribution >= 4 is 23.5 Å². The maximum Gasteiger partial charge on any atom is 0.573 e. The van der Waals surface area contributed by atoms with Gasteiger partial charge in [-0.1, -0.05) is 0 Å². The monoisotopic (exact) mass is 512 g/mol. The Bertz CT molecular complexity index is 983. The minimum absolute atomic E-state index is 0.0188. The molecule has 4 amide bonds. The van der Waals surface area contributed by atoms with Crippen molar-refractivity contribution in [3.63, 3.8) is 0 Å². The Morgan fingerprint density at radius 1 is 1.14 bits per heavy atom. The first-order valence-corrected chi connectivity index (χ1v) is 12.2. The number of carbonyl (C=O) groups is 3. The molecular formula is C24H31F3N4O5. The molecular weight excluding hydrogens is 481 g/mol. The second-order valence-electron chi connectivity index (χ2n) is 9.77. The van der Waals surface area contributed by atoms with E-state index in [-0.39, 0.29) is 35.9 Å². The number of piperazine rings is 1. The number of anilines is 1. The Hall–Kier alpha value is -3.02. The van der Waals surface area contributed by atoms with E-state index in [9.17, 15) is 32.7 Å². The van der Waals surface area contributed by atoms with Crippen LogP contribution in [0, 0.1) is 5.41 Å². The Morgan fingerprint density at radius 2 is 1.83 bits per heavy atom. The van der Waals surface area contributed by atoms with Gasteiger partial charge in [0.15, 0.2) is 0 Å². The molecule has 0 radical (unpaired) electrons. The first-order valence-electron chi connectivity index (χ1n) is 12.2. The molecule has 2 saturated heterocycles. The van der Waals surface area contributed by atoms with Crippen molar-refractivity contribution in [3.05, 3.63) is 24.3 Å². The summed E-state index contributed by atoms with van der Waals surface area (Å²) in [4.78, 5) is 42.7. The normalized spacial score (nSPS) is 23.6. The SMILES string of the molecule is C[C@H]1C(=O)N(CCCC(=O)N2CCC3(CC3)[C@H](O)C2)CCN1C(=O)Nc1ccc(OC(F)(F)F)cc1. The van der Waals surface area contributed by atoms with Gasteiger partial charge in [-0.2, -0.15) is 0 Å². The molecule has 12 heteroatoms. The maximum absolute atomic E-state index is 12.8. The molecule has 4 rings (SSSR count). The van der Waals surface area contributed by atoms with Crippen LogP contribution < -0.4 is 10.1 Å². The summed E-state index contributed by atoms with van der Waals surface area (Å²) in [6, 6.07) is 3.48. The van der Waals surface area contributed by atoms with E-state index in [4.69, 9.17) is 0 Å². The molecule has 2 N–H and O–H groups in total. The molecule has 1 saturated carbocycles. The van der Waals surface area contributed by atoms with Crippen LogP contribution in [0.1, 0.15) is 39.0 Å². The average Bonchev–Trinajstić information content (AvgIpc) is 3.59. The summed E-state index contributed by atoms with van der Waals surface area (Å²) >= 11 is 0. The van der Waals surface area contributed by atoms with Gasteiger partial charge in [-0.25, -0.2) is 4.79 Å². The molecule has 9 nitrogen and oxygen atoms in total. The Balaban J connectivity index is 1.21. The molecule has 2 aliphatic heterocycles. The fraction of sp³-hybridized carbons (Fsp3) is 0.625. The highest BCUT2D eigenvalue weighted by Gasteiger charge is 2.51. The number of hydrogen-bond acceptors (Lipinski definition) is 5. The molecule has 0 unspecified atom stereocenters. The molecule has 36 heavy (non-hydrogen) atoms. The number of nitrogens with zero attached hydrogens (tertiary/aromatic N) is 3. The summed E-state index contributed by atoms with van der Waals surface area (Å²) in [5.41, 5.74) is 0.307. The third-order valence-corrected chi connectivity index (χ3v) is 7.39. The first kappa shape index (κ1) is 26.1. The number of amides is 4. The minimum atomic E-state index is -4.80. The second-order valence-corrected chi connectivity index (χ2v) is 9.77. The number of nitrogens with one attached hydrogen (secondary N) is 1. The summed E-state index contributed by atoms with van der Waals surface area (Å²) in [6.07, 6.45) is -1.58. The molecule has 1 aromatic carbocycles. The molecule has 3 fully saturated rings. The number of aliphatic hydroxyl groups excluding tert-OH is 1. The number of piperidine rings is 1. The number of likely N-dealkylation sites (tertiary alicyclic amines) is 1. The predicted molar refractivity (Wildman–Crippen MR) is 123 cm³/mol. The van der Waals surface area contributed by atoms with Gasteiger partial charge in [0.2, 0.25) is 11.8 Å². The lowest BCUT2D eigenvalue weighted by Crippen LogP contribution is -2.58. The van der Waals surface area contributed by atoms with Gasteiger partial charge in [0, 0.05) is 44.8 Å². The molecule has 2 heterocycles. The van der Waals surface area contributed by atoms with Gasteiger partial charge in [0.25, 0.3) is 0 Å². The lowest BCUT2D eigenvalue weighted by molar-refractivity contribution is -0.274. The van der Waals surface area contributed by atoms with Gasteiger partial charge in [-0.05, 0) is 62.3 Å². The number of β-amino-alcohol motifs (C(OH)–C–C–N with tert-alkyl or cyclic N) is 1. The van der Waals surface area contributed by atoms with Gasteiger partial charge in [-0.3, -0.25) is 9.59 Å². The molecule has 2 atom stereocenters. The standard InChI is InChI=1S/C24H31F3N4O5/c1-16-21(34)29(11-2-3-20(33)30-12-10-23(8-9-23)19(32)15-30)13-14-31(16)22(35)28-17-4-6-18(7-5-17)36-24(25,26)27/h4-7,16,19,32H,2-3,8-15H2,1H3,(H,28,35)/t16-,19+/m0/s1. The number of hydrogen-bond donors (Lipinski definition) is 2.